The van der Waals surface area contributed by atoms with Crippen molar-refractivity contribution < 1.29 is 19.4 Å². The maximum absolute atomic E-state index is 12.1. The molecule has 0 spiro atoms. The smallest absolute Gasteiger partial charge is 0.321 e. The summed E-state index contributed by atoms with van der Waals surface area (Å²) in [4.78, 5) is 25.8. The van der Waals surface area contributed by atoms with Crippen molar-refractivity contribution in [1.82, 2.24) is 10.2 Å². The molecule has 0 bridgehead atoms. The van der Waals surface area contributed by atoms with Crippen LogP contribution in [0, 0.1) is 0 Å². The van der Waals surface area contributed by atoms with E-state index >= 15 is 0 Å². The van der Waals surface area contributed by atoms with Gasteiger partial charge < -0.3 is 20.5 Å². The standard InChI is InChI=1S/C17H23Cl2N3O4/c18-12-2-3-13(19)14(10-12)21-16(23)11-15(17(24)25)20-4-1-5-22-6-8-26-9-7-22/h2-3,10,15,20H,1,4-9,11H2,(H,21,23)(H,24,25)/t15-/m0/s1. The lowest BCUT2D eigenvalue weighted by molar-refractivity contribution is -0.141. The van der Waals surface area contributed by atoms with Crippen LogP contribution in [0.1, 0.15) is 12.8 Å². The van der Waals surface area contributed by atoms with Gasteiger partial charge in [-0.1, -0.05) is 23.2 Å². The lowest BCUT2D eigenvalue weighted by Gasteiger charge is -2.26. The number of hydrogen-bond donors (Lipinski definition) is 3. The van der Waals surface area contributed by atoms with Crippen LogP contribution in [-0.4, -0.2) is 67.3 Å². The average molecular weight is 404 g/mol. The molecular formula is C17H23Cl2N3O4. The molecule has 1 fully saturated rings. The number of carboxylic acids is 1. The second-order valence-electron chi connectivity index (χ2n) is 6.03. The second kappa shape index (κ2) is 10.7. The van der Waals surface area contributed by atoms with E-state index in [9.17, 15) is 14.7 Å². The molecule has 0 aromatic heterocycles. The Labute approximate surface area is 162 Å². The molecule has 1 amide bonds. The Balaban J connectivity index is 1.76. The van der Waals surface area contributed by atoms with E-state index in [2.05, 4.69) is 15.5 Å². The number of nitrogens with one attached hydrogen (secondary N) is 2. The van der Waals surface area contributed by atoms with Crippen molar-refractivity contribution >= 4 is 40.8 Å². The molecule has 9 heteroatoms. The fourth-order valence-corrected chi connectivity index (χ4v) is 2.97. The molecule has 7 nitrogen and oxygen atoms in total. The first kappa shape index (κ1) is 20.9. The molecule has 0 aliphatic carbocycles. The summed E-state index contributed by atoms with van der Waals surface area (Å²) in [6, 6.07) is 3.73. The van der Waals surface area contributed by atoms with Crippen LogP contribution in [-0.2, 0) is 14.3 Å². The summed E-state index contributed by atoms with van der Waals surface area (Å²) in [7, 11) is 0. The van der Waals surface area contributed by atoms with Crippen LogP contribution in [0.15, 0.2) is 18.2 Å². The molecule has 26 heavy (non-hydrogen) atoms. The van der Waals surface area contributed by atoms with Crippen LogP contribution in [0.2, 0.25) is 10.0 Å². The van der Waals surface area contributed by atoms with Crippen molar-refractivity contribution in [2.45, 2.75) is 18.9 Å². The highest BCUT2D eigenvalue weighted by molar-refractivity contribution is 6.35. The molecule has 1 saturated heterocycles. The van der Waals surface area contributed by atoms with E-state index in [0.717, 1.165) is 39.3 Å². The summed E-state index contributed by atoms with van der Waals surface area (Å²) in [6.45, 7) is 4.64. The van der Waals surface area contributed by atoms with Gasteiger partial charge in [0.1, 0.15) is 6.04 Å². The second-order valence-corrected chi connectivity index (χ2v) is 6.87. The number of rotatable bonds is 9. The zero-order valence-electron chi connectivity index (χ0n) is 14.3. The van der Waals surface area contributed by atoms with Gasteiger partial charge in [-0.3, -0.25) is 14.5 Å². The molecule has 144 valence electrons. The first-order chi connectivity index (χ1) is 12.5. The minimum absolute atomic E-state index is 0.199. The fraction of sp³-hybridized carbons (Fsp3) is 0.529. The largest absolute Gasteiger partial charge is 0.480 e. The normalized spacial score (nSPS) is 16.2. The molecule has 1 aromatic rings. The maximum Gasteiger partial charge on any atom is 0.321 e. The predicted molar refractivity (Wildman–Crippen MR) is 101 cm³/mol. The molecule has 0 radical (unpaired) electrons. The van der Waals surface area contributed by atoms with Gasteiger partial charge in [-0.15, -0.1) is 0 Å². The number of halogens is 2. The molecule has 0 unspecified atom stereocenters. The monoisotopic (exact) mass is 403 g/mol. The number of carbonyl (C=O) groups is 2. The van der Waals surface area contributed by atoms with Crippen molar-refractivity contribution in [1.29, 1.82) is 0 Å². The van der Waals surface area contributed by atoms with E-state index in [1.807, 2.05) is 0 Å². The Kier molecular flexibility index (Phi) is 8.61. The molecule has 1 aliphatic rings. The Morgan fingerprint density at radius 1 is 1.27 bits per heavy atom. The van der Waals surface area contributed by atoms with Crippen LogP contribution in [0.5, 0.6) is 0 Å². The SMILES string of the molecule is O=C(C[C@H](NCCCN1CCOCC1)C(=O)O)Nc1cc(Cl)ccc1Cl. The number of amides is 1. The Morgan fingerprint density at radius 2 is 2.00 bits per heavy atom. The van der Waals surface area contributed by atoms with Gasteiger partial charge in [-0.2, -0.15) is 0 Å². The molecule has 2 rings (SSSR count). The summed E-state index contributed by atoms with van der Waals surface area (Å²) in [6.07, 6.45) is 0.598. The fourth-order valence-electron chi connectivity index (χ4n) is 2.63. The lowest BCUT2D eigenvalue weighted by atomic mass is 10.2. The number of carboxylic acid groups (broad SMARTS) is 1. The third kappa shape index (κ3) is 7.09. The number of nitrogens with zero attached hydrogens (tertiary/aromatic N) is 1. The Morgan fingerprint density at radius 3 is 2.69 bits per heavy atom. The lowest BCUT2D eigenvalue weighted by Crippen LogP contribution is -2.42. The van der Waals surface area contributed by atoms with E-state index in [1.165, 1.54) is 6.07 Å². The van der Waals surface area contributed by atoms with E-state index in [0.29, 0.717) is 22.3 Å². The van der Waals surface area contributed by atoms with Crippen LogP contribution in [0.3, 0.4) is 0 Å². The van der Waals surface area contributed by atoms with Crippen LogP contribution >= 0.6 is 23.2 Å². The third-order valence-electron chi connectivity index (χ3n) is 4.04. The van der Waals surface area contributed by atoms with Crippen molar-refractivity contribution in [2.75, 3.05) is 44.7 Å². The molecular weight excluding hydrogens is 381 g/mol. The number of anilines is 1. The minimum Gasteiger partial charge on any atom is -0.480 e. The van der Waals surface area contributed by atoms with Gasteiger partial charge in [-0.05, 0) is 37.7 Å². The Bertz CT molecular complexity index is 624. The van der Waals surface area contributed by atoms with Crippen LogP contribution in [0.4, 0.5) is 5.69 Å². The molecule has 1 atom stereocenters. The van der Waals surface area contributed by atoms with Gasteiger partial charge in [0.25, 0.3) is 0 Å². The Hall–Kier alpha value is -1.38. The van der Waals surface area contributed by atoms with Gasteiger partial charge in [0.2, 0.25) is 5.91 Å². The highest BCUT2D eigenvalue weighted by Crippen LogP contribution is 2.25. The molecule has 3 N–H and O–H groups in total. The van der Waals surface area contributed by atoms with Crippen molar-refractivity contribution in [3.05, 3.63) is 28.2 Å². The van der Waals surface area contributed by atoms with Crippen molar-refractivity contribution in [3.8, 4) is 0 Å². The summed E-state index contributed by atoms with van der Waals surface area (Å²) >= 11 is 11.9. The van der Waals surface area contributed by atoms with E-state index < -0.39 is 17.9 Å². The van der Waals surface area contributed by atoms with Crippen molar-refractivity contribution in [2.24, 2.45) is 0 Å². The number of carbonyl (C=O) groups excluding carboxylic acids is 1. The minimum atomic E-state index is -1.07. The zero-order chi connectivity index (χ0) is 18.9. The van der Waals surface area contributed by atoms with Gasteiger partial charge in [-0.25, -0.2) is 0 Å². The number of ether oxygens (including phenoxy) is 1. The first-order valence-corrected chi connectivity index (χ1v) is 9.22. The van der Waals surface area contributed by atoms with Crippen molar-refractivity contribution in [3.63, 3.8) is 0 Å². The molecule has 1 heterocycles. The van der Waals surface area contributed by atoms with E-state index in [-0.39, 0.29) is 6.42 Å². The summed E-state index contributed by atoms with van der Waals surface area (Å²) in [5, 5.41) is 15.6. The zero-order valence-corrected chi connectivity index (χ0v) is 15.9. The number of benzene rings is 1. The highest BCUT2D eigenvalue weighted by Gasteiger charge is 2.21. The average Bonchev–Trinajstić information content (AvgIpc) is 2.61. The first-order valence-electron chi connectivity index (χ1n) is 8.47. The topological polar surface area (TPSA) is 90.9 Å². The maximum atomic E-state index is 12.1. The number of morpholine rings is 1. The van der Waals surface area contributed by atoms with E-state index in [4.69, 9.17) is 27.9 Å². The third-order valence-corrected chi connectivity index (χ3v) is 4.60. The van der Waals surface area contributed by atoms with Gasteiger partial charge >= 0.3 is 5.97 Å². The summed E-state index contributed by atoms with van der Waals surface area (Å²) < 4.78 is 5.29. The highest BCUT2D eigenvalue weighted by atomic mass is 35.5. The molecule has 0 saturated carbocycles. The quantitative estimate of drug-likeness (QED) is 0.546. The molecule has 1 aromatic carbocycles. The summed E-state index contributed by atoms with van der Waals surface area (Å²) in [5.74, 6) is -1.51. The van der Waals surface area contributed by atoms with Gasteiger partial charge in [0.15, 0.2) is 0 Å². The molecule has 1 aliphatic heterocycles. The van der Waals surface area contributed by atoms with Gasteiger partial charge in [0, 0.05) is 18.1 Å². The van der Waals surface area contributed by atoms with Crippen LogP contribution in [0.25, 0.3) is 0 Å². The van der Waals surface area contributed by atoms with E-state index in [1.54, 1.807) is 12.1 Å². The van der Waals surface area contributed by atoms with Gasteiger partial charge in [0.05, 0.1) is 30.3 Å². The van der Waals surface area contributed by atoms with Crippen LogP contribution < -0.4 is 10.6 Å². The predicted octanol–water partition coefficient (Wildman–Crippen LogP) is 2.09. The number of hydrogen-bond acceptors (Lipinski definition) is 5. The number of aliphatic carboxylic acids is 1. The summed E-state index contributed by atoms with van der Waals surface area (Å²) in [5.41, 5.74) is 0.362.